The van der Waals surface area contributed by atoms with Gasteiger partial charge in [0.05, 0.1) is 5.52 Å². The fraction of sp³-hybridized carbons (Fsp3) is 0.464. The first-order valence-corrected chi connectivity index (χ1v) is 12.5. The van der Waals surface area contributed by atoms with Crippen molar-refractivity contribution >= 4 is 22.4 Å². The van der Waals surface area contributed by atoms with Crippen LogP contribution < -0.4 is 4.90 Å². The minimum absolute atomic E-state index is 0.0479. The number of carbonyl (C=O) groups is 1. The largest absolute Gasteiger partial charge is 0.508 e. The van der Waals surface area contributed by atoms with Crippen LogP contribution in [0.3, 0.4) is 0 Å². The average Bonchev–Trinajstić information content (AvgIpc) is 3.14. The van der Waals surface area contributed by atoms with Crippen molar-refractivity contribution in [2.24, 2.45) is 0 Å². The van der Waals surface area contributed by atoms with Gasteiger partial charge in [0.15, 0.2) is 5.78 Å². The van der Waals surface area contributed by atoms with Gasteiger partial charge in [-0.25, -0.2) is 0 Å². The fourth-order valence-electron chi connectivity index (χ4n) is 5.79. The molecule has 2 aliphatic rings. The number of phenolic OH excluding ortho intramolecular Hbond substituents is 1. The molecule has 5 heteroatoms. The highest BCUT2D eigenvalue weighted by atomic mass is 16.3. The topological polar surface area (TPSA) is 48.7 Å². The molecule has 2 saturated heterocycles. The van der Waals surface area contributed by atoms with E-state index in [4.69, 9.17) is 0 Å². The Hall–Kier alpha value is -2.79. The van der Waals surface area contributed by atoms with Gasteiger partial charge in [0.25, 0.3) is 0 Å². The van der Waals surface area contributed by atoms with E-state index in [9.17, 15) is 9.90 Å². The highest BCUT2D eigenvalue weighted by Crippen LogP contribution is 2.37. The molecule has 0 bridgehead atoms. The molecule has 3 aromatic rings. The van der Waals surface area contributed by atoms with Gasteiger partial charge in [-0.2, -0.15) is 0 Å². The summed E-state index contributed by atoms with van der Waals surface area (Å²) in [4.78, 5) is 17.7. The number of likely N-dealkylation sites (tertiary alicyclic amines) is 1. The van der Waals surface area contributed by atoms with Crippen LogP contribution in [0.5, 0.6) is 5.75 Å². The summed E-state index contributed by atoms with van der Waals surface area (Å²) in [6, 6.07) is 12.5. The van der Waals surface area contributed by atoms with E-state index in [-0.39, 0.29) is 11.5 Å². The second kappa shape index (κ2) is 9.22. The zero-order valence-corrected chi connectivity index (χ0v) is 19.9. The maximum Gasteiger partial charge on any atom is 0.162 e. The smallest absolute Gasteiger partial charge is 0.162 e. The molecule has 0 saturated carbocycles. The second-order valence-electron chi connectivity index (χ2n) is 9.71. The molecule has 1 N–H and O–H groups in total. The maximum absolute atomic E-state index is 12.8. The molecular formula is C28H35N3O2. The molecule has 5 nitrogen and oxygen atoms in total. The molecular weight excluding hydrogens is 410 g/mol. The first kappa shape index (κ1) is 22.0. The van der Waals surface area contributed by atoms with Gasteiger partial charge in [-0.3, -0.25) is 9.69 Å². The Morgan fingerprint density at radius 2 is 1.45 bits per heavy atom. The molecule has 1 aromatic heterocycles. The van der Waals surface area contributed by atoms with Crippen molar-refractivity contribution < 1.29 is 9.90 Å². The second-order valence-corrected chi connectivity index (χ2v) is 9.71. The van der Waals surface area contributed by atoms with Crippen molar-refractivity contribution in [2.45, 2.75) is 58.9 Å². The summed E-state index contributed by atoms with van der Waals surface area (Å²) >= 11 is 0. The normalized spacial score (nSPS) is 17.6. The first-order chi connectivity index (χ1) is 16.0. The number of benzene rings is 2. The van der Waals surface area contributed by atoms with E-state index in [1.165, 1.54) is 44.2 Å². The number of hydrogen-bond acceptors (Lipinski definition) is 4. The lowest BCUT2D eigenvalue weighted by Crippen LogP contribution is -2.29. The van der Waals surface area contributed by atoms with Gasteiger partial charge in [0, 0.05) is 53.2 Å². The molecule has 5 rings (SSSR count). The number of phenols is 1. The highest BCUT2D eigenvalue weighted by Gasteiger charge is 2.24. The van der Waals surface area contributed by atoms with Crippen LogP contribution in [0.25, 0.3) is 16.6 Å². The number of ketones is 1. The van der Waals surface area contributed by atoms with Crippen molar-refractivity contribution in [1.82, 2.24) is 9.47 Å². The predicted molar refractivity (Wildman–Crippen MR) is 135 cm³/mol. The lowest BCUT2D eigenvalue weighted by atomic mass is 10.00. The van der Waals surface area contributed by atoms with Gasteiger partial charge in [0.1, 0.15) is 5.75 Å². The molecule has 0 spiro atoms. The third-order valence-corrected chi connectivity index (χ3v) is 7.47. The SMILES string of the molecule is CC(=O)c1c(C)n(-c2ccc(N3CCCCC3)cc2)c2ccc(O)c(CN3CCCCC3)c12. The molecule has 3 heterocycles. The molecule has 0 radical (unpaired) electrons. The summed E-state index contributed by atoms with van der Waals surface area (Å²) < 4.78 is 2.19. The standard InChI is InChI=1S/C28H35N3O2/c1-20-27(21(2)32)28-24(19-29-15-5-3-6-16-29)26(33)14-13-25(28)31(20)23-11-9-22(10-12-23)30-17-7-4-8-18-30/h9-14,33H,3-8,15-19H2,1-2H3. The Morgan fingerprint density at radius 1 is 0.848 bits per heavy atom. The van der Waals surface area contributed by atoms with Crippen molar-refractivity contribution in [3.05, 3.63) is 53.2 Å². The lowest BCUT2D eigenvalue weighted by Gasteiger charge is -2.29. The number of carbonyl (C=O) groups excluding carboxylic acids is 1. The third-order valence-electron chi connectivity index (χ3n) is 7.47. The van der Waals surface area contributed by atoms with Crippen molar-refractivity contribution in [1.29, 1.82) is 0 Å². The minimum Gasteiger partial charge on any atom is -0.508 e. The molecule has 2 aliphatic heterocycles. The van der Waals surface area contributed by atoms with Gasteiger partial charge in [-0.05, 0) is 95.4 Å². The fourth-order valence-corrected chi connectivity index (χ4v) is 5.79. The van der Waals surface area contributed by atoms with E-state index in [0.717, 1.165) is 59.6 Å². The van der Waals surface area contributed by atoms with Gasteiger partial charge in [0.2, 0.25) is 0 Å². The van der Waals surface area contributed by atoms with Gasteiger partial charge in [-0.1, -0.05) is 6.42 Å². The van der Waals surface area contributed by atoms with E-state index >= 15 is 0 Å². The van der Waals surface area contributed by atoms with Crippen molar-refractivity contribution in [2.75, 3.05) is 31.1 Å². The highest BCUT2D eigenvalue weighted by molar-refractivity contribution is 6.10. The molecule has 0 aliphatic carbocycles. The minimum atomic E-state index is 0.0479. The Bertz CT molecular complexity index is 1150. The Balaban J connectivity index is 1.60. The van der Waals surface area contributed by atoms with Crippen LogP contribution in [0.15, 0.2) is 36.4 Å². The van der Waals surface area contributed by atoms with Gasteiger partial charge in [-0.15, -0.1) is 0 Å². The number of rotatable bonds is 5. The maximum atomic E-state index is 12.8. The summed E-state index contributed by atoms with van der Waals surface area (Å²) in [6.07, 6.45) is 7.50. The zero-order chi connectivity index (χ0) is 22.9. The van der Waals surface area contributed by atoms with Crippen LogP contribution in [0.1, 0.15) is 67.1 Å². The number of aromatic nitrogens is 1. The quantitative estimate of drug-likeness (QED) is 0.503. The Morgan fingerprint density at radius 3 is 2.09 bits per heavy atom. The van der Waals surface area contributed by atoms with E-state index in [1.807, 2.05) is 13.0 Å². The Kier molecular flexibility index (Phi) is 6.15. The van der Waals surface area contributed by atoms with E-state index in [2.05, 4.69) is 38.6 Å². The number of piperidine rings is 2. The van der Waals surface area contributed by atoms with E-state index in [0.29, 0.717) is 6.54 Å². The number of aromatic hydroxyl groups is 1. The van der Waals surface area contributed by atoms with Gasteiger partial charge < -0.3 is 14.6 Å². The number of Topliss-reactive ketones (excluding diaryl/α,β-unsaturated/α-hetero) is 1. The predicted octanol–water partition coefficient (Wildman–Crippen LogP) is 5.82. The van der Waals surface area contributed by atoms with E-state index < -0.39 is 0 Å². The van der Waals surface area contributed by atoms with Crippen LogP contribution in [-0.2, 0) is 6.54 Å². The first-order valence-electron chi connectivity index (χ1n) is 12.5. The van der Waals surface area contributed by atoms with Crippen molar-refractivity contribution in [3.8, 4) is 11.4 Å². The molecule has 0 unspecified atom stereocenters. The number of anilines is 1. The average molecular weight is 446 g/mol. The summed E-state index contributed by atoms with van der Waals surface area (Å²) in [6.45, 7) is 8.68. The number of nitrogens with zero attached hydrogens (tertiary/aromatic N) is 3. The molecule has 0 atom stereocenters. The monoisotopic (exact) mass is 445 g/mol. The van der Waals surface area contributed by atoms with Crippen LogP contribution in [0.2, 0.25) is 0 Å². The van der Waals surface area contributed by atoms with Crippen LogP contribution in [0, 0.1) is 6.92 Å². The summed E-state index contributed by atoms with van der Waals surface area (Å²) in [5, 5.41) is 11.8. The van der Waals surface area contributed by atoms with Crippen LogP contribution >= 0.6 is 0 Å². The summed E-state index contributed by atoms with van der Waals surface area (Å²) in [7, 11) is 0. The van der Waals surface area contributed by atoms with Crippen molar-refractivity contribution in [3.63, 3.8) is 0 Å². The lowest BCUT2D eigenvalue weighted by molar-refractivity contribution is 0.101. The summed E-state index contributed by atoms with van der Waals surface area (Å²) in [5.41, 5.74) is 5.87. The van der Waals surface area contributed by atoms with Crippen LogP contribution in [-0.4, -0.2) is 46.5 Å². The van der Waals surface area contributed by atoms with Crippen LogP contribution in [0.4, 0.5) is 5.69 Å². The molecule has 0 amide bonds. The number of fused-ring (bicyclic) bond motifs is 1. The van der Waals surface area contributed by atoms with Gasteiger partial charge >= 0.3 is 0 Å². The molecule has 174 valence electrons. The number of hydrogen-bond donors (Lipinski definition) is 1. The Labute approximate surface area is 196 Å². The molecule has 2 aromatic carbocycles. The molecule has 33 heavy (non-hydrogen) atoms. The third kappa shape index (κ3) is 4.15. The molecule has 2 fully saturated rings. The zero-order valence-electron chi connectivity index (χ0n) is 19.9. The van der Waals surface area contributed by atoms with E-state index in [1.54, 1.807) is 13.0 Å². The summed E-state index contributed by atoms with van der Waals surface area (Å²) in [5.74, 6) is 0.333.